The number of halogens is 1. The van der Waals surface area contributed by atoms with Crippen molar-refractivity contribution in [3.63, 3.8) is 0 Å². The maximum Gasteiger partial charge on any atom is 0.231 e. The van der Waals surface area contributed by atoms with Gasteiger partial charge in [0.2, 0.25) is 11.8 Å². The first-order chi connectivity index (χ1) is 19.6. The van der Waals surface area contributed by atoms with Crippen LogP contribution in [0, 0.1) is 11.3 Å². The van der Waals surface area contributed by atoms with Crippen molar-refractivity contribution in [2.45, 2.75) is 44.8 Å². The van der Waals surface area contributed by atoms with Crippen molar-refractivity contribution in [2.75, 3.05) is 37.8 Å². The minimum Gasteiger partial charge on any atom is -0.356 e. The number of likely N-dealkylation sites (N-methyl/N-ethyl adjacent to an activating group) is 1. The van der Waals surface area contributed by atoms with Gasteiger partial charge in [-0.2, -0.15) is 0 Å². The van der Waals surface area contributed by atoms with E-state index in [-0.39, 0.29) is 24.5 Å². The fraction of sp³-hybridized carbons (Fsp3) is 0.419. The zero-order chi connectivity index (χ0) is 28.9. The number of Topliss-reactive ketones (excluding diaryl/α,β-unsaturated/α-hetero) is 1. The number of likely N-dealkylation sites (tertiary alicyclic amines) is 1. The van der Waals surface area contributed by atoms with E-state index in [0.29, 0.717) is 59.6 Å². The molecule has 1 saturated heterocycles. The van der Waals surface area contributed by atoms with Crippen molar-refractivity contribution < 1.29 is 18.8 Å². The molecule has 2 aromatic heterocycles. The number of hydrogen-bond donors (Lipinski definition) is 3. The van der Waals surface area contributed by atoms with E-state index in [2.05, 4.69) is 25.5 Å². The Morgan fingerprint density at radius 1 is 1.17 bits per heavy atom. The second-order valence-corrected chi connectivity index (χ2v) is 12.0. The van der Waals surface area contributed by atoms with Gasteiger partial charge in [-0.05, 0) is 58.1 Å². The largest absolute Gasteiger partial charge is 0.356 e. The first-order valence-corrected chi connectivity index (χ1v) is 14.1. The van der Waals surface area contributed by atoms with Crippen molar-refractivity contribution in [2.24, 2.45) is 11.3 Å². The number of carbonyl (C=O) groups is 3. The number of carbonyl (C=O) groups excluding carboxylic acids is 3. The molecule has 4 atom stereocenters. The van der Waals surface area contributed by atoms with Crippen LogP contribution in [0.4, 0.5) is 21.6 Å². The van der Waals surface area contributed by atoms with Crippen molar-refractivity contribution in [1.82, 2.24) is 19.8 Å². The van der Waals surface area contributed by atoms with Gasteiger partial charge in [-0.15, -0.1) is 0 Å². The minimum absolute atomic E-state index is 0.00900. The van der Waals surface area contributed by atoms with Crippen LogP contribution >= 0.6 is 0 Å². The van der Waals surface area contributed by atoms with Gasteiger partial charge in [0.25, 0.3) is 0 Å². The van der Waals surface area contributed by atoms with E-state index in [1.54, 1.807) is 18.3 Å². The first kappa shape index (κ1) is 27.1. The molecular formula is C31H35FN6O3. The number of ketones is 1. The van der Waals surface area contributed by atoms with E-state index < -0.39 is 23.4 Å². The molecule has 3 aliphatic rings. The molecule has 9 nitrogen and oxygen atoms in total. The van der Waals surface area contributed by atoms with Crippen molar-refractivity contribution in [3.05, 3.63) is 59.9 Å². The van der Waals surface area contributed by atoms with Gasteiger partial charge in [0.1, 0.15) is 12.0 Å². The van der Waals surface area contributed by atoms with Gasteiger partial charge >= 0.3 is 0 Å². The zero-order valence-electron chi connectivity index (χ0n) is 23.5. The third-order valence-corrected chi connectivity index (χ3v) is 8.56. The molecule has 3 aromatic rings. The molecule has 2 fully saturated rings. The Hall–Kier alpha value is -4.05. The van der Waals surface area contributed by atoms with Crippen molar-refractivity contribution in [1.29, 1.82) is 0 Å². The van der Waals surface area contributed by atoms with Crippen molar-refractivity contribution >= 4 is 34.8 Å². The van der Waals surface area contributed by atoms with Gasteiger partial charge in [0.15, 0.2) is 5.78 Å². The molecule has 0 bridgehead atoms. The normalized spacial score (nSPS) is 25.2. The molecule has 214 valence electrons. The van der Waals surface area contributed by atoms with Crippen LogP contribution in [0.25, 0.3) is 11.3 Å². The standard InChI is InChI=1S/C31H35FN6O3/c1-31(30(41)38-12-10-20(17-38)37(2)3)15-23-26(24(39)16-31)28(34-19-7-5-4-6-8-19)27(35-23)18-9-11-33-25(13-18)36-29(40)21-14-22(21)32/h4-9,11,13,20-22,34-35H,10,12,14-17H2,1-3H3,(H,33,36,40)/t20-,21-,22+,31?/m1/s1. The van der Waals surface area contributed by atoms with Crippen LogP contribution in [0.2, 0.25) is 0 Å². The molecule has 0 radical (unpaired) electrons. The third kappa shape index (κ3) is 5.24. The molecule has 41 heavy (non-hydrogen) atoms. The number of hydrogen-bond acceptors (Lipinski definition) is 6. The van der Waals surface area contributed by atoms with Crippen LogP contribution in [0.3, 0.4) is 0 Å². The molecule has 10 heteroatoms. The molecule has 0 spiro atoms. The Morgan fingerprint density at radius 3 is 2.61 bits per heavy atom. The summed E-state index contributed by atoms with van der Waals surface area (Å²) < 4.78 is 13.4. The van der Waals surface area contributed by atoms with E-state index >= 15 is 0 Å². The number of amides is 2. The fourth-order valence-corrected chi connectivity index (χ4v) is 6.08. The van der Waals surface area contributed by atoms with E-state index in [4.69, 9.17) is 0 Å². The number of fused-ring (bicyclic) bond motifs is 1. The summed E-state index contributed by atoms with van der Waals surface area (Å²) in [4.78, 5) is 51.7. The van der Waals surface area contributed by atoms with E-state index in [9.17, 15) is 18.8 Å². The van der Waals surface area contributed by atoms with E-state index in [0.717, 1.165) is 12.1 Å². The highest BCUT2D eigenvalue weighted by molar-refractivity contribution is 6.10. The monoisotopic (exact) mass is 558 g/mol. The smallest absolute Gasteiger partial charge is 0.231 e. The highest BCUT2D eigenvalue weighted by Crippen LogP contribution is 2.45. The quantitative estimate of drug-likeness (QED) is 0.396. The molecule has 1 unspecified atom stereocenters. The lowest BCUT2D eigenvalue weighted by Gasteiger charge is -2.35. The highest BCUT2D eigenvalue weighted by Gasteiger charge is 2.47. The molecular weight excluding hydrogens is 523 g/mol. The maximum absolute atomic E-state index is 13.8. The number of alkyl halides is 1. The Balaban J connectivity index is 1.35. The number of para-hydroxylation sites is 1. The molecule has 2 aliphatic carbocycles. The fourth-order valence-electron chi connectivity index (χ4n) is 6.08. The first-order valence-electron chi connectivity index (χ1n) is 14.1. The summed E-state index contributed by atoms with van der Waals surface area (Å²) in [6.45, 7) is 3.24. The Bertz CT molecular complexity index is 1500. The molecule has 1 aromatic carbocycles. The lowest BCUT2D eigenvalue weighted by molar-refractivity contribution is -0.140. The minimum atomic E-state index is -1.10. The SMILES string of the molecule is CN(C)[C@@H]1CCN(C(=O)C2(C)CC(=O)c3c([nH]c(-c4ccnc(NC(=O)[C@@H]5C[C@@H]5F)c4)c3Nc3ccccc3)C2)C1. The second-order valence-electron chi connectivity index (χ2n) is 12.0. The second kappa shape index (κ2) is 10.4. The number of pyridine rings is 1. The van der Waals surface area contributed by atoms with Gasteiger partial charge in [0.05, 0.1) is 28.3 Å². The summed E-state index contributed by atoms with van der Waals surface area (Å²) >= 11 is 0. The van der Waals surface area contributed by atoms with Gasteiger partial charge in [0, 0.05) is 55.1 Å². The molecule has 3 heterocycles. The molecule has 2 amide bonds. The average Bonchev–Trinajstić information content (AvgIpc) is 3.31. The van der Waals surface area contributed by atoms with Crippen LogP contribution in [0.5, 0.6) is 0 Å². The van der Waals surface area contributed by atoms with Gasteiger partial charge in [-0.1, -0.05) is 18.2 Å². The summed E-state index contributed by atoms with van der Waals surface area (Å²) in [5, 5.41) is 6.13. The summed E-state index contributed by atoms with van der Waals surface area (Å²) in [5.74, 6) is -0.810. The molecule has 1 aliphatic heterocycles. The number of rotatable bonds is 7. The summed E-state index contributed by atoms with van der Waals surface area (Å²) in [7, 11) is 4.05. The van der Waals surface area contributed by atoms with E-state index in [1.165, 1.54) is 0 Å². The predicted octanol–water partition coefficient (Wildman–Crippen LogP) is 4.41. The lowest BCUT2D eigenvalue weighted by atomic mass is 9.73. The molecule has 1 saturated carbocycles. The van der Waals surface area contributed by atoms with Gasteiger partial charge in [-0.25, -0.2) is 9.37 Å². The molecule has 3 N–H and O–H groups in total. The highest BCUT2D eigenvalue weighted by atomic mass is 19.1. The lowest BCUT2D eigenvalue weighted by Crippen LogP contribution is -2.46. The van der Waals surface area contributed by atoms with Gasteiger partial charge < -0.3 is 25.4 Å². The molecule has 6 rings (SSSR count). The van der Waals surface area contributed by atoms with Crippen LogP contribution in [-0.2, 0) is 16.0 Å². The topological polar surface area (TPSA) is 110 Å². The zero-order valence-corrected chi connectivity index (χ0v) is 23.5. The number of aromatic amines is 1. The Kier molecular flexibility index (Phi) is 6.89. The summed E-state index contributed by atoms with van der Waals surface area (Å²) in [6.07, 6.45) is 2.12. The predicted molar refractivity (Wildman–Crippen MR) is 155 cm³/mol. The third-order valence-electron chi connectivity index (χ3n) is 8.56. The summed E-state index contributed by atoms with van der Waals surface area (Å²) in [5.41, 5.74) is 3.17. The number of nitrogens with zero attached hydrogens (tertiary/aromatic N) is 3. The number of aromatic nitrogens is 2. The number of H-pyrrole nitrogens is 1. The maximum atomic E-state index is 13.8. The van der Waals surface area contributed by atoms with Gasteiger partial charge in [-0.3, -0.25) is 14.4 Å². The van der Waals surface area contributed by atoms with Crippen LogP contribution < -0.4 is 10.6 Å². The summed E-state index contributed by atoms with van der Waals surface area (Å²) in [6, 6.07) is 13.4. The van der Waals surface area contributed by atoms with E-state index in [1.807, 2.05) is 56.3 Å². The Morgan fingerprint density at radius 2 is 1.93 bits per heavy atom. The van der Waals surface area contributed by atoms with Crippen LogP contribution in [0.1, 0.15) is 42.2 Å². The van der Waals surface area contributed by atoms with Crippen LogP contribution in [-0.4, -0.2) is 76.8 Å². The van der Waals surface area contributed by atoms with Crippen LogP contribution in [0.15, 0.2) is 48.7 Å². The van der Waals surface area contributed by atoms with Crippen molar-refractivity contribution in [3.8, 4) is 11.3 Å². The average molecular weight is 559 g/mol. The number of benzene rings is 1. The Labute approximate surface area is 238 Å². The number of nitrogens with one attached hydrogen (secondary N) is 3. The number of anilines is 3.